The lowest BCUT2D eigenvalue weighted by Crippen LogP contribution is -2.22. The van der Waals surface area contributed by atoms with E-state index in [2.05, 4.69) is 20.9 Å². The number of halogens is 1. The van der Waals surface area contributed by atoms with E-state index in [4.69, 9.17) is 5.73 Å². The van der Waals surface area contributed by atoms with E-state index in [0.717, 1.165) is 16.6 Å². The number of carbonyl (C=O) groups excluding carboxylic acids is 1. The van der Waals surface area contributed by atoms with E-state index in [1.54, 1.807) is 6.20 Å². The van der Waals surface area contributed by atoms with Crippen molar-refractivity contribution in [2.75, 3.05) is 0 Å². The van der Waals surface area contributed by atoms with Crippen LogP contribution < -0.4 is 5.73 Å². The Morgan fingerprint density at radius 3 is 2.63 bits per heavy atom. The summed E-state index contributed by atoms with van der Waals surface area (Å²) in [5.74, 6) is -0.681. The highest BCUT2D eigenvalue weighted by atomic mass is 79.9. The first-order valence-electron chi connectivity index (χ1n) is 6.11. The molecule has 0 radical (unpaired) electrons. The van der Waals surface area contributed by atoms with Gasteiger partial charge in [-0.15, -0.1) is 0 Å². The van der Waals surface area contributed by atoms with E-state index in [9.17, 15) is 4.79 Å². The molecule has 2 N–H and O–H groups in total. The molecule has 1 atom stereocenters. The summed E-state index contributed by atoms with van der Waals surface area (Å²) in [7, 11) is 0. The first-order chi connectivity index (χ1) is 9.16. The van der Waals surface area contributed by atoms with Gasteiger partial charge in [0, 0.05) is 10.7 Å². The van der Waals surface area contributed by atoms with Crippen LogP contribution in [0.25, 0.3) is 0 Å². The molecule has 0 aliphatic heterocycles. The van der Waals surface area contributed by atoms with Crippen molar-refractivity contribution in [2.24, 2.45) is 5.73 Å². The van der Waals surface area contributed by atoms with Gasteiger partial charge in [0.15, 0.2) is 0 Å². The number of aryl methyl sites for hydroxylation is 1. The molecule has 2 rings (SSSR count). The largest absolute Gasteiger partial charge is 0.369 e. The van der Waals surface area contributed by atoms with Gasteiger partial charge in [-0.25, -0.2) is 0 Å². The van der Waals surface area contributed by atoms with Crippen molar-refractivity contribution in [3.8, 4) is 0 Å². The molecular weight excluding hydrogens is 304 g/mol. The molecule has 1 aromatic carbocycles. The van der Waals surface area contributed by atoms with E-state index in [1.165, 1.54) is 5.56 Å². The van der Waals surface area contributed by atoms with Crippen LogP contribution >= 0.6 is 15.9 Å². The lowest BCUT2D eigenvalue weighted by atomic mass is 9.95. The van der Waals surface area contributed by atoms with Crippen LogP contribution in [0.5, 0.6) is 0 Å². The molecule has 0 saturated heterocycles. The predicted octanol–water partition coefficient (Wildman–Crippen LogP) is 3.05. The third-order valence-corrected chi connectivity index (χ3v) is 3.50. The molecule has 0 aliphatic rings. The highest BCUT2D eigenvalue weighted by Crippen LogP contribution is 2.22. The first-order valence-corrected chi connectivity index (χ1v) is 6.91. The average Bonchev–Trinajstić information content (AvgIpc) is 2.40. The zero-order chi connectivity index (χ0) is 13.7. The molecule has 3 nitrogen and oxygen atoms in total. The second-order valence-electron chi connectivity index (χ2n) is 4.38. The van der Waals surface area contributed by atoms with Crippen molar-refractivity contribution >= 4 is 21.8 Å². The Bertz CT molecular complexity index is 557. The second kappa shape index (κ2) is 6.48. The number of hydrogen-bond donors (Lipinski definition) is 1. The summed E-state index contributed by atoms with van der Waals surface area (Å²) in [6.07, 6.45) is 3.16. The lowest BCUT2D eigenvalue weighted by Gasteiger charge is -2.13. The number of aromatic nitrogens is 1. The van der Waals surface area contributed by atoms with Crippen molar-refractivity contribution in [3.63, 3.8) is 0 Å². The smallest absolute Gasteiger partial charge is 0.226 e. The predicted molar refractivity (Wildman–Crippen MR) is 78.6 cm³/mol. The number of benzene rings is 1. The summed E-state index contributed by atoms with van der Waals surface area (Å²) in [4.78, 5) is 15.8. The Morgan fingerprint density at radius 2 is 2.00 bits per heavy atom. The molecule has 0 fully saturated rings. The van der Waals surface area contributed by atoms with Crippen molar-refractivity contribution in [2.45, 2.75) is 18.8 Å². The summed E-state index contributed by atoms with van der Waals surface area (Å²) >= 11 is 3.38. The fourth-order valence-corrected chi connectivity index (χ4v) is 2.36. The van der Waals surface area contributed by atoms with E-state index in [-0.39, 0.29) is 11.8 Å². The summed E-state index contributed by atoms with van der Waals surface area (Å²) in [5.41, 5.74) is 7.41. The average molecular weight is 319 g/mol. The Labute approximate surface area is 121 Å². The van der Waals surface area contributed by atoms with Crippen LogP contribution in [-0.2, 0) is 11.2 Å². The van der Waals surface area contributed by atoms with Crippen LogP contribution in [0.3, 0.4) is 0 Å². The van der Waals surface area contributed by atoms with Gasteiger partial charge in [0.1, 0.15) is 0 Å². The van der Waals surface area contributed by atoms with Crippen LogP contribution in [0.2, 0.25) is 0 Å². The molecule has 2 aromatic rings. The maximum atomic E-state index is 11.6. The molecular formula is C15H15BrN2O. The van der Waals surface area contributed by atoms with Crippen LogP contribution in [0, 0.1) is 0 Å². The zero-order valence-corrected chi connectivity index (χ0v) is 12.0. The monoisotopic (exact) mass is 318 g/mol. The summed E-state index contributed by atoms with van der Waals surface area (Å²) in [5, 5.41) is 0. The molecule has 1 unspecified atom stereocenters. The fraction of sp³-hybridized carbons (Fsp3) is 0.200. The molecule has 19 heavy (non-hydrogen) atoms. The normalized spacial score (nSPS) is 12.1. The van der Waals surface area contributed by atoms with Crippen molar-refractivity contribution in [1.82, 2.24) is 4.98 Å². The van der Waals surface area contributed by atoms with Crippen LogP contribution in [0.1, 0.15) is 23.6 Å². The molecule has 0 aliphatic carbocycles. The van der Waals surface area contributed by atoms with E-state index in [0.29, 0.717) is 6.42 Å². The summed E-state index contributed by atoms with van der Waals surface area (Å²) in [6, 6.07) is 13.7. The molecule has 0 saturated carbocycles. The van der Waals surface area contributed by atoms with E-state index < -0.39 is 0 Å². The molecule has 1 aromatic heterocycles. The Hall–Kier alpha value is -1.68. The first kappa shape index (κ1) is 13.7. The number of primary amides is 1. The molecule has 0 spiro atoms. The topological polar surface area (TPSA) is 56.0 Å². The van der Waals surface area contributed by atoms with Crippen molar-refractivity contribution in [3.05, 3.63) is 64.4 Å². The number of rotatable bonds is 5. The second-order valence-corrected chi connectivity index (χ2v) is 5.29. The van der Waals surface area contributed by atoms with Crippen LogP contribution in [0.15, 0.2) is 53.1 Å². The quantitative estimate of drug-likeness (QED) is 0.921. The minimum Gasteiger partial charge on any atom is -0.369 e. The molecule has 1 amide bonds. The van der Waals surface area contributed by atoms with Crippen molar-refractivity contribution < 1.29 is 4.79 Å². The zero-order valence-electron chi connectivity index (χ0n) is 10.4. The van der Waals surface area contributed by atoms with Gasteiger partial charge in [-0.1, -0.05) is 46.3 Å². The van der Waals surface area contributed by atoms with Crippen LogP contribution in [-0.4, -0.2) is 10.9 Å². The fourth-order valence-electron chi connectivity index (χ4n) is 2.00. The molecule has 1 heterocycles. The maximum Gasteiger partial charge on any atom is 0.226 e. The third kappa shape index (κ3) is 3.89. The Balaban J connectivity index is 2.11. The molecule has 0 bridgehead atoms. The van der Waals surface area contributed by atoms with Crippen LogP contribution in [0.4, 0.5) is 0 Å². The minimum absolute atomic E-state index is 0.332. The van der Waals surface area contributed by atoms with Gasteiger partial charge in [-0.2, -0.15) is 0 Å². The number of pyridine rings is 1. The highest BCUT2D eigenvalue weighted by molar-refractivity contribution is 9.10. The number of nitrogens with zero attached hydrogens (tertiary/aromatic N) is 1. The van der Waals surface area contributed by atoms with Crippen molar-refractivity contribution in [1.29, 1.82) is 0 Å². The number of amides is 1. The maximum absolute atomic E-state index is 11.6. The Morgan fingerprint density at radius 1 is 1.26 bits per heavy atom. The SMILES string of the molecule is NC(=O)C(CCc1ccccc1)c1cc(Br)ccn1. The van der Waals surface area contributed by atoms with Gasteiger partial charge in [0.05, 0.1) is 11.6 Å². The van der Waals surface area contributed by atoms with E-state index >= 15 is 0 Å². The number of nitrogens with two attached hydrogens (primary N) is 1. The number of hydrogen-bond acceptors (Lipinski definition) is 2. The molecule has 4 heteroatoms. The summed E-state index contributed by atoms with van der Waals surface area (Å²) in [6.45, 7) is 0. The van der Waals surface area contributed by atoms with E-state index in [1.807, 2.05) is 42.5 Å². The third-order valence-electron chi connectivity index (χ3n) is 3.01. The highest BCUT2D eigenvalue weighted by Gasteiger charge is 2.19. The van der Waals surface area contributed by atoms with Gasteiger partial charge in [-0.3, -0.25) is 9.78 Å². The minimum atomic E-state index is -0.349. The van der Waals surface area contributed by atoms with Gasteiger partial charge < -0.3 is 5.73 Å². The van der Waals surface area contributed by atoms with Gasteiger partial charge in [0.2, 0.25) is 5.91 Å². The van der Waals surface area contributed by atoms with Gasteiger partial charge in [-0.05, 0) is 30.5 Å². The van der Waals surface area contributed by atoms with Gasteiger partial charge in [0.25, 0.3) is 0 Å². The molecule has 98 valence electrons. The lowest BCUT2D eigenvalue weighted by molar-refractivity contribution is -0.119. The van der Waals surface area contributed by atoms with Gasteiger partial charge >= 0.3 is 0 Å². The number of carbonyl (C=O) groups is 1. The Kier molecular flexibility index (Phi) is 4.68. The standard InChI is InChI=1S/C15H15BrN2O/c16-12-8-9-18-14(10-12)13(15(17)19)7-6-11-4-2-1-3-5-11/h1-5,8-10,13H,6-7H2,(H2,17,19). The summed E-state index contributed by atoms with van der Waals surface area (Å²) < 4.78 is 0.906.